The number of hydrogen-bond donors (Lipinski definition) is 2. The number of rotatable bonds is 4. The van der Waals surface area contributed by atoms with Gasteiger partial charge in [0.2, 0.25) is 10.0 Å². The number of benzene rings is 1. The fourth-order valence-electron chi connectivity index (χ4n) is 2.07. The molecular formula is C12H17BrN2O2S. The van der Waals surface area contributed by atoms with Crippen LogP contribution in [-0.4, -0.2) is 26.8 Å². The topological polar surface area (TPSA) is 58.2 Å². The van der Waals surface area contributed by atoms with E-state index in [4.69, 9.17) is 0 Å². The summed E-state index contributed by atoms with van der Waals surface area (Å²) < 4.78 is 27.5. The minimum Gasteiger partial charge on any atom is -0.313 e. The molecule has 1 aliphatic heterocycles. The van der Waals surface area contributed by atoms with Crippen molar-refractivity contribution >= 4 is 31.6 Å². The lowest BCUT2D eigenvalue weighted by Crippen LogP contribution is -2.40. The second-order valence-electron chi connectivity index (χ2n) is 4.54. The summed E-state index contributed by atoms with van der Waals surface area (Å²) in [6.07, 6.45) is 3.17. The molecule has 1 aromatic rings. The average molecular weight is 333 g/mol. The van der Waals surface area contributed by atoms with Gasteiger partial charge in [-0.15, -0.1) is 0 Å². The summed E-state index contributed by atoms with van der Waals surface area (Å²) in [5.41, 5.74) is 0.606. The Labute approximate surface area is 116 Å². The summed E-state index contributed by atoms with van der Waals surface area (Å²) in [7, 11) is -3.27. The molecule has 1 atom stereocenters. The molecule has 0 amide bonds. The van der Waals surface area contributed by atoms with Crippen molar-refractivity contribution in [3.05, 3.63) is 28.7 Å². The molecule has 100 valence electrons. The summed E-state index contributed by atoms with van der Waals surface area (Å²) in [6.45, 7) is 0.915. The van der Waals surface area contributed by atoms with Gasteiger partial charge in [0.15, 0.2) is 0 Å². The lowest BCUT2D eigenvalue weighted by atomic mass is 10.1. The van der Waals surface area contributed by atoms with Gasteiger partial charge in [0.25, 0.3) is 0 Å². The van der Waals surface area contributed by atoms with Crippen LogP contribution >= 0.6 is 15.9 Å². The Bertz CT molecular complexity index is 481. The number of piperidine rings is 1. The highest BCUT2D eigenvalue weighted by Gasteiger charge is 2.20. The maximum atomic E-state index is 12.0. The molecule has 1 saturated heterocycles. The normalized spacial score (nSPS) is 20.6. The summed E-state index contributed by atoms with van der Waals surface area (Å²) in [4.78, 5) is 0. The quantitative estimate of drug-likeness (QED) is 0.889. The molecule has 18 heavy (non-hydrogen) atoms. The predicted octanol–water partition coefficient (Wildman–Crippen LogP) is 2.33. The molecule has 0 bridgehead atoms. The Morgan fingerprint density at radius 3 is 2.61 bits per heavy atom. The van der Waals surface area contributed by atoms with Crippen LogP contribution in [-0.2, 0) is 10.0 Å². The van der Waals surface area contributed by atoms with E-state index in [1.54, 1.807) is 12.1 Å². The Hall–Kier alpha value is -0.590. The highest BCUT2D eigenvalue weighted by atomic mass is 79.9. The van der Waals surface area contributed by atoms with Gasteiger partial charge in [-0.25, -0.2) is 8.42 Å². The van der Waals surface area contributed by atoms with Gasteiger partial charge in [-0.1, -0.05) is 22.4 Å². The van der Waals surface area contributed by atoms with Crippen molar-refractivity contribution in [2.75, 3.05) is 17.0 Å². The third-order valence-corrected chi connectivity index (χ3v) is 4.87. The smallest absolute Gasteiger partial charge is 0.234 e. The summed E-state index contributed by atoms with van der Waals surface area (Å²) in [5.74, 6) is 0.142. The van der Waals surface area contributed by atoms with Gasteiger partial charge in [-0.3, -0.25) is 4.72 Å². The van der Waals surface area contributed by atoms with Crippen LogP contribution in [0.4, 0.5) is 5.69 Å². The number of sulfonamides is 1. The first-order chi connectivity index (χ1) is 8.55. The molecule has 6 heteroatoms. The van der Waals surface area contributed by atoms with Crippen LogP contribution in [0.3, 0.4) is 0 Å². The maximum absolute atomic E-state index is 12.0. The van der Waals surface area contributed by atoms with Gasteiger partial charge in [-0.2, -0.15) is 0 Å². The highest BCUT2D eigenvalue weighted by molar-refractivity contribution is 9.10. The number of anilines is 1. The zero-order valence-electron chi connectivity index (χ0n) is 10.0. The lowest BCUT2D eigenvalue weighted by molar-refractivity contribution is 0.424. The molecule has 1 heterocycles. The molecule has 0 aromatic heterocycles. The molecular weight excluding hydrogens is 316 g/mol. The van der Waals surface area contributed by atoms with Crippen LogP contribution in [0.25, 0.3) is 0 Å². The summed E-state index contributed by atoms with van der Waals surface area (Å²) in [5, 5.41) is 3.24. The first-order valence-corrected chi connectivity index (χ1v) is 8.49. The lowest BCUT2D eigenvalue weighted by Gasteiger charge is -2.23. The standard InChI is InChI=1S/C12H17BrN2O2S/c13-10-4-6-11(7-5-10)15-18(16,17)9-12-3-1-2-8-14-12/h4-7,12,14-15H,1-3,8-9H2. The second kappa shape index (κ2) is 6.04. The van der Waals surface area contributed by atoms with Gasteiger partial charge in [0.1, 0.15) is 0 Å². The number of halogens is 1. The Balaban J connectivity index is 1.96. The van der Waals surface area contributed by atoms with Gasteiger partial charge in [0, 0.05) is 16.2 Å². The molecule has 1 aliphatic rings. The van der Waals surface area contributed by atoms with E-state index in [1.165, 1.54) is 0 Å². The van der Waals surface area contributed by atoms with Crippen molar-refractivity contribution in [2.24, 2.45) is 0 Å². The predicted molar refractivity (Wildman–Crippen MR) is 77.2 cm³/mol. The van der Waals surface area contributed by atoms with Crippen molar-refractivity contribution in [2.45, 2.75) is 25.3 Å². The van der Waals surface area contributed by atoms with Crippen LogP contribution in [0.15, 0.2) is 28.7 Å². The molecule has 0 spiro atoms. The van der Waals surface area contributed by atoms with E-state index < -0.39 is 10.0 Å². The highest BCUT2D eigenvalue weighted by Crippen LogP contribution is 2.16. The summed E-state index contributed by atoms with van der Waals surface area (Å²) >= 11 is 3.32. The zero-order chi connectivity index (χ0) is 13.0. The molecule has 2 N–H and O–H groups in total. The van der Waals surface area contributed by atoms with E-state index in [9.17, 15) is 8.42 Å². The SMILES string of the molecule is O=S(=O)(CC1CCCCN1)Nc1ccc(Br)cc1. The Morgan fingerprint density at radius 1 is 1.28 bits per heavy atom. The zero-order valence-corrected chi connectivity index (χ0v) is 12.4. The Kier molecular flexibility index (Phi) is 4.64. The minimum atomic E-state index is -3.27. The van der Waals surface area contributed by atoms with E-state index >= 15 is 0 Å². The van der Waals surface area contributed by atoms with Crippen LogP contribution in [0.5, 0.6) is 0 Å². The van der Waals surface area contributed by atoms with Crippen molar-refractivity contribution in [1.29, 1.82) is 0 Å². The van der Waals surface area contributed by atoms with Gasteiger partial charge in [0.05, 0.1) is 5.75 Å². The first-order valence-electron chi connectivity index (χ1n) is 6.05. The third-order valence-electron chi connectivity index (χ3n) is 2.95. The van der Waals surface area contributed by atoms with Gasteiger partial charge in [-0.05, 0) is 43.7 Å². The van der Waals surface area contributed by atoms with E-state index in [-0.39, 0.29) is 11.8 Å². The molecule has 1 fully saturated rings. The van der Waals surface area contributed by atoms with E-state index in [2.05, 4.69) is 26.0 Å². The minimum absolute atomic E-state index is 0.0756. The molecule has 2 rings (SSSR count). The largest absolute Gasteiger partial charge is 0.313 e. The van der Waals surface area contributed by atoms with Gasteiger partial charge < -0.3 is 5.32 Å². The Morgan fingerprint density at radius 2 is 2.00 bits per heavy atom. The maximum Gasteiger partial charge on any atom is 0.234 e. The van der Waals surface area contributed by atoms with Crippen LogP contribution < -0.4 is 10.0 Å². The molecule has 0 saturated carbocycles. The monoisotopic (exact) mass is 332 g/mol. The van der Waals surface area contributed by atoms with Crippen molar-refractivity contribution in [3.8, 4) is 0 Å². The molecule has 1 unspecified atom stereocenters. The van der Waals surface area contributed by atoms with Gasteiger partial charge >= 0.3 is 0 Å². The van der Waals surface area contributed by atoms with Crippen molar-refractivity contribution in [1.82, 2.24) is 5.32 Å². The van der Waals surface area contributed by atoms with Crippen LogP contribution in [0.2, 0.25) is 0 Å². The molecule has 4 nitrogen and oxygen atoms in total. The average Bonchev–Trinajstić information content (AvgIpc) is 2.32. The van der Waals surface area contributed by atoms with Crippen molar-refractivity contribution < 1.29 is 8.42 Å². The van der Waals surface area contributed by atoms with Crippen LogP contribution in [0, 0.1) is 0 Å². The first kappa shape index (κ1) is 13.8. The van der Waals surface area contributed by atoms with E-state index in [0.29, 0.717) is 5.69 Å². The summed E-state index contributed by atoms with van der Waals surface area (Å²) in [6, 6.07) is 7.20. The van der Waals surface area contributed by atoms with Crippen molar-refractivity contribution in [3.63, 3.8) is 0 Å². The number of hydrogen-bond acceptors (Lipinski definition) is 3. The fourth-order valence-corrected chi connectivity index (χ4v) is 3.73. The molecule has 0 radical (unpaired) electrons. The second-order valence-corrected chi connectivity index (χ2v) is 7.22. The molecule has 1 aromatic carbocycles. The van der Waals surface area contributed by atoms with Crippen LogP contribution in [0.1, 0.15) is 19.3 Å². The molecule has 0 aliphatic carbocycles. The van der Waals surface area contributed by atoms with E-state index in [1.807, 2.05) is 12.1 Å². The fraction of sp³-hybridized carbons (Fsp3) is 0.500. The third kappa shape index (κ3) is 4.26. The van der Waals surface area contributed by atoms with E-state index in [0.717, 1.165) is 30.3 Å². The number of nitrogens with one attached hydrogen (secondary N) is 2.